The van der Waals surface area contributed by atoms with Gasteiger partial charge in [-0.25, -0.2) is 4.57 Å². The number of esters is 2. The summed E-state index contributed by atoms with van der Waals surface area (Å²) in [7, 11) is -4.38. The van der Waals surface area contributed by atoms with Crippen molar-refractivity contribution in [3.05, 3.63) is 24.3 Å². The number of phosphoric ester groups is 1. The van der Waals surface area contributed by atoms with Crippen LogP contribution in [0.1, 0.15) is 232 Å². The Kier molecular flexibility index (Phi) is 42.9. The van der Waals surface area contributed by atoms with Gasteiger partial charge in [-0.05, 0) is 38.5 Å². The highest BCUT2D eigenvalue weighted by Crippen LogP contribution is 2.43. The van der Waals surface area contributed by atoms with Crippen LogP contribution in [0.15, 0.2) is 24.3 Å². The second kappa shape index (κ2) is 44.1. The lowest BCUT2D eigenvalue weighted by Crippen LogP contribution is -2.29. The molecule has 0 spiro atoms. The van der Waals surface area contributed by atoms with E-state index in [1.165, 1.54) is 135 Å². The third kappa shape index (κ3) is 43.9. The van der Waals surface area contributed by atoms with Crippen molar-refractivity contribution < 1.29 is 37.6 Å². The van der Waals surface area contributed by atoms with Gasteiger partial charge in [0, 0.05) is 19.4 Å². The average molecular weight is 828 g/mol. The van der Waals surface area contributed by atoms with Crippen molar-refractivity contribution in [3.8, 4) is 0 Å². The third-order valence-corrected chi connectivity index (χ3v) is 11.3. The third-order valence-electron chi connectivity index (χ3n) is 10.3. The molecule has 0 amide bonds. The molecule has 9 nitrogen and oxygen atoms in total. The number of hydrogen-bond donors (Lipinski definition) is 2. The van der Waals surface area contributed by atoms with E-state index < -0.39 is 26.5 Å². The van der Waals surface area contributed by atoms with Crippen LogP contribution in [-0.4, -0.2) is 49.3 Å². The molecule has 0 aliphatic heterocycles. The van der Waals surface area contributed by atoms with Crippen molar-refractivity contribution in [1.82, 2.24) is 0 Å². The lowest BCUT2D eigenvalue weighted by atomic mass is 10.0. The molecule has 0 fully saturated rings. The van der Waals surface area contributed by atoms with Crippen LogP contribution in [0, 0.1) is 0 Å². The second-order valence-corrected chi connectivity index (χ2v) is 17.4. The maximum atomic E-state index is 12.6. The average Bonchev–Trinajstić information content (AvgIpc) is 3.20. The Morgan fingerprint density at radius 2 is 0.930 bits per heavy atom. The first kappa shape index (κ1) is 55.5. The lowest BCUT2D eigenvalue weighted by Gasteiger charge is -2.19. The van der Waals surface area contributed by atoms with Gasteiger partial charge in [0.25, 0.3) is 0 Å². The number of rotatable bonds is 45. The monoisotopic (exact) mass is 828 g/mol. The van der Waals surface area contributed by atoms with E-state index in [9.17, 15) is 19.0 Å². The predicted octanol–water partition coefficient (Wildman–Crippen LogP) is 13.9. The minimum absolute atomic E-state index is 0.0526. The zero-order chi connectivity index (χ0) is 41.8. The van der Waals surface area contributed by atoms with Gasteiger partial charge < -0.3 is 20.1 Å². The van der Waals surface area contributed by atoms with Crippen LogP contribution in [0.2, 0.25) is 0 Å². The number of carbonyl (C=O) groups excluding carboxylic acids is 2. The first-order valence-electron chi connectivity index (χ1n) is 23.8. The van der Waals surface area contributed by atoms with Gasteiger partial charge >= 0.3 is 19.8 Å². The van der Waals surface area contributed by atoms with E-state index in [0.717, 1.165) is 64.2 Å². The van der Waals surface area contributed by atoms with E-state index in [1.54, 1.807) is 0 Å². The number of hydrogen-bond acceptors (Lipinski definition) is 8. The molecule has 0 aromatic heterocycles. The number of nitrogens with two attached hydrogens (primary N) is 1. The highest BCUT2D eigenvalue weighted by Gasteiger charge is 2.26. The lowest BCUT2D eigenvalue weighted by molar-refractivity contribution is -0.161. The molecule has 336 valence electrons. The number of ether oxygens (including phenoxy) is 2. The molecule has 0 aliphatic rings. The Bertz CT molecular complexity index is 990. The Hall–Kier alpha value is -1.51. The quantitative estimate of drug-likeness (QED) is 0.0266. The second-order valence-electron chi connectivity index (χ2n) is 16.0. The summed E-state index contributed by atoms with van der Waals surface area (Å²) in [4.78, 5) is 34.9. The van der Waals surface area contributed by atoms with Crippen molar-refractivity contribution in [1.29, 1.82) is 0 Å². The highest BCUT2D eigenvalue weighted by molar-refractivity contribution is 7.47. The SMILES string of the molecule is CCCC/C=C/C/C=C/CCCCCCCC(=O)O[C@H](COC(=O)CCCCCCCCCCCCCCCCCCCCCCCC)COP(=O)(O)OCCN. The number of unbranched alkanes of at least 4 members (excludes halogenated alkanes) is 28. The predicted molar refractivity (Wildman–Crippen MR) is 238 cm³/mol. The molecule has 1 unspecified atom stereocenters. The minimum Gasteiger partial charge on any atom is -0.462 e. The maximum absolute atomic E-state index is 12.6. The van der Waals surface area contributed by atoms with Gasteiger partial charge in [0.05, 0.1) is 13.2 Å². The van der Waals surface area contributed by atoms with E-state index in [1.807, 2.05) is 0 Å². The molecule has 3 N–H and O–H groups in total. The summed E-state index contributed by atoms with van der Waals surface area (Å²) in [6.07, 6.45) is 47.9. The molecule has 57 heavy (non-hydrogen) atoms. The van der Waals surface area contributed by atoms with E-state index in [-0.39, 0.29) is 38.6 Å². The van der Waals surface area contributed by atoms with E-state index in [4.69, 9.17) is 24.3 Å². The Morgan fingerprint density at radius 3 is 1.39 bits per heavy atom. The molecular formula is C47H90NO8P. The molecule has 0 radical (unpaired) electrons. The molecule has 0 aromatic rings. The van der Waals surface area contributed by atoms with Crippen molar-refractivity contribution in [2.45, 2.75) is 238 Å². The fourth-order valence-electron chi connectivity index (χ4n) is 6.77. The van der Waals surface area contributed by atoms with Gasteiger partial charge in [-0.3, -0.25) is 18.6 Å². The summed E-state index contributed by atoms with van der Waals surface area (Å²) in [5.74, 6) is -0.834. The maximum Gasteiger partial charge on any atom is 0.472 e. The molecule has 0 saturated heterocycles. The summed E-state index contributed by atoms with van der Waals surface area (Å²) in [6.45, 7) is 3.71. The summed E-state index contributed by atoms with van der Waals surface area (Å²) >= 11 is 0. The molecule has 0 saturated carbocycles. The van der Waals surface area contributed by atoms with E-state index in [0.29, 0.717) is 6.42 Å². The highest BCUT2D eigenvalue weighted by atomic mass is 31.2. The van der Waals surface area contributed by atoms with Gasteiger partial charge in [0.2, 0.25) is 0 Å². The van der Waals surface area contributed by atoms with Gasteiger partial charge in [-0.1, -0.05) is 205 Å². The van der Waals surface area contributed by atoms with Crippen LogP contribution in [0.4, 0.5) is 0 Å². The summed E-state index contributed by atoms with van der Waals surface area (Å²) < 4.78 is 32.8. The molecule has 0 heterocycles. The van der Waals surface area contributed by atoms with Crippen molar-refractivity contribution in [3.63, 3.8) is 0 Å². The van der Waals surface area contributed by atoms with Crippen molar-refractivity contribution >= 4 is 19.8 Å². The number of allylic oxidation sites excluding steroid dienone is 4. The Balaban J connectivity index is 4.02. The summed E-state index contributed by atoms with van der Waals surface area (Å²) in [5, 5.41) is 0. The largest absolute Gasteiger partial charge is 0.472 e. The van der Waals surface area contributed by atoms with E-state index >= 15 is 0 Å². The van der Waals surface area contributed by atoms with Gasteiger partial charge in [0.1, 0.15) is 6.61 Å². The molecule has 0 rings (SSSR count). The molecular weight excluding hydrogens is 737 g/mol. The fourth-order valence-corrected chi connectivity index (χ4v) is 7.54. The minimum atomic E-state index is -4.38. The normalized spacial score (nSPS) is 13.4. The van der Waals surface area contributed by atoms with Crippen LogP contribution in [-0.2, 0) is 32.7 Å². The van der Waals surface area contributed by atoms with Gasteiger partial charge in [-0.2, -0.15) is 0 Å². The van der Waals surface area contributed by atoms with Crippen LogP contribution in [0.5, 0.6) is 0 Å². The van der Waals surface area contributed by atoms with Crippen LogP contribution < -0.4 is 5.73 Å². The van der Waals surface area contributed by atoms with Crippen molar-refractivity contribution in [2.75, 3.05) is 26.4 Å². The molecule has 2 atom stereocenters. The zero-order valence-corrected chi connectivity index (χ0v) is 38.0. The van der Waals surface area contributed by atoms with Gasteiger partial charge in [0.15, 0.2) is 6.10 Å². The number of phosphoric acid groups is 1. The topological polar surface area (TPSA) is 134 Å². The van der Waals surface area contributed by atoms with Crippen molar-refractivity contribution in [2.24, 2.45) is 5.73 Å². The van der Waals surface area contributed by atoms with Gasteiger partial charge in [-0.15, -0.1) is 0 Å². The fraction of sp³-hybridized carbons (Fsp3) is 0.872. The summed E-state index contributed by atoms with van der Waals surface area (Å²) in [5.41, 5.74) is 5.35. The number of carbonyl (C=O) groups is 2. The first-order chi connectivity index (χ1) is 27.8. The standard InChI is InChI=1S/C47H90NO8P/c1-3-5-7-9-11-13-15-17-19-20-21-22-23-24-25-26-28-29-31-33-35-37-39-46(49)53-43-45(44-55-57(51,52)54-42-41-48)56-47(50)40-38-36-34-32-30-27-18-16-14-12-10-8-6-4-2/h10,12,16,18,45H,3-9,11,13-15,17,19-44,48H2,1-2H3,(H,51,52)/b12-10+,18-16+/t45-/m1/s1. The zero-order valence-electron chi connectivity index (χ0n) is 37.1. The Morgan fingerprint density at radius 1 is 0.526 bits per heavy atom. The smallest absolute Gasteiger partial charge is 0.462 e. The summed E-state index contributed by atoms with van der Waals surface area (Å²) in [6, 6.07) is 0. The first-order valence-corrected chi connectivity index (χ1v) is 25.3. The molecule has 0 aromatic carbocycles. The van der Waals surface area contributed by atoms with E-state index in [2.05, 4.69) is 38.2 Å². The van der Waals surface area contributed by atoms with Crippen LogP contribution in [0.3, 0.4) is 0 Å². The van der Waals surface area contributed by atoms with Crippen LogP contribution >= 0.6 is 7.82 Å². The Labute approximate surface area is 351 Å². The molecule has 0 aliphatic carbocycles. The van der Waals surface area contributed by atoms with Crippen LogP contribution in [0.25, 0.3) is 0 Å². The molecule has 0 bridgehead atoms. The molecule has 10 heteroatoms.